The molecule has 15 nitrogen and oxygen atoms in total. The van der Waals surface area contributed by atoms with E-state index in [1.165, 1.54) is 9.80 Å². The van der Waals surface area contributed by atoms with Crippen molar-refractivity contribution < 1.29 is 38.2 Å². The zero-order chi connectivity index (χ0) is 30.0. The number of amides is 5. The summed E-state index contributed by atoms with van der Waals surface area (Å²) in [5, 5.41) is 8.36. The standard InChI is InChI=1S/C26H35N7O8/c1-26(2,3)41-25(38)32(9-12-39-11-8-28-31-27)10-13-40-16-22(35)29-18-4-5-19-17(14-18)15-33(24(19)37)20-6-7-21(34)30-23(20)36/h4-5,14,20H,6-13,15-16H2,1-3H3,(H,29,35)(H,30,34,36). The van der Waals surface area contributed by atoms with Crippen molar-refractivity contribution in [3.63, 3.8) is 0 Å². The lowest BCUT2D eigenvalue weighted by atomic mass is 10.0. The minimum atomic E-state index is -0.719. The van der Waals surface area contributed by atoms with Crippen molar-refractivity contribution in [3.05, 3.63) is 39.8 Å². The Bertz CT molecular complexity index is 1210. The molecule has 222 valence electrons. The summed E-state index contributed by atoms with van der Waals surface area (Å²) in [6.45, 7) is 6.19. The van der Waals surface area contributed by atoms with E-state index in [1.54, 1.807) is 39.0 Å². The van der Waals surface area contributed by atoms with Gasteiger partial charge in [0, 0.05) is 48.8 Å². The van der Waals surface area contributed by atoms with Crippen LogP contribution in [0.25, 0.3) is 10.4 Å². The molecule has 0 aromatic heterocycles. The Labute approximate surface area is 237 Å². The van der Waals surface area contributed by atoms with Gasteiger partial charge in [0.2, 0.25) is 17.7 Å². The van der Waals surface area contributed by atoms with E-state index >= 15 is 0 Å². The molecule has 2 heterocycles. The molecule has 2 N–H and O–H groups in total. The molecule has 3 rings (SSSR count). The third-order valence-electron chi connectivity index (χ3n) is 6.10. The Morgan fingerprint density at radius 2 is 1.90 bits per heavy atom. The van der Waals surface area contributed by atoms with Crippen LogP contribution in [0.15, 0.2) is 23.3 Å². The van der Waals surface area contributed by atoms with Crippen LogP contribution < -0.4 is 10.6 Å². The number of piperidine rings is 1. The fourth-order valence-corrected chi connectivity index (χ4v) is 4.24. The van der Waals surface area contributed by atoms with Crippen molar-refractivity contribution in [1.82, 2.24) is 15.1 Å². The first-order valence-corrected chi connectivity index (χ1v) is 13.2. The van der Waals surface area contributed by atoms with Gasteiger partial charge in [0.1, 0.15) is 18.2 Å². The molecule has 41 heavy (non-hydrogen) atoms. The highest BCUT2D eigenvalue weighted by Gasteiger charge is 2.39. The van der Waals surface area contributed by atoms with Gasteiger partial charge in [-0.25, -0.2) is 4.79 Å². The van der Waals surface area contributed by atoms with Crippen LogP contribution in [0.1, 0.15) is 49.5 Å². The summed E-state index contributed by atoms with van der Waals surface area (Å²) in [5.41, 5.74) is 9.17. The fourth-order valence-electron chi connectivity index (χ4n) is 4.24. The number of imide groups is 1. The summed E-state index contributed by atoms with van der Waals surface area (Å²) in [4.78, 5) is 67.0. The largest absolute Gasteiger partial charge is 0.444 e. The highest BCUT2D eigenvalue weighted by Crippen LogP contribution is 2.29. The smallest absolute Gasteiger partial charge is 0.410 e. The number of hydrogen-bond donors (Lipinski definition) is 2. The molecule has 0 aliphatic carbocycles. The Balaban J connectivity index is 1.46. The highest BCUT2D eigenvalue weighted by molar-refractivity contribution is 6.05. The van der Waals surface area contributed by atoms with Crippen molar-refractivity contribution in [2.45, 2.75) is 51.8 Å². The summed E-state index contributed by atoms with van der Waals surface area (Å²) < 4.78 is 16.3. The number of benzene rings is 1. The van der Waals surface area contributed by atoms with Crippen LogP contribution in [-0.4, -0.2) is 97.2 Å². The van der Waals surface area contributed by atoms with Crippen molar-refractivity contribution in [2.24, 2.45) is 5.11 Å². The Morgan fingerprint density at radius 1 is 1.17 bits per heavy atom. The Morgan fingerprint density at radius 3 is 2.59 bits per heavy atom. The van der Waals surface area contributed by atoms with Crippen LogP contribution in [0.4, 0.5) is 10.5 Å². The number of fused-ring (bicyclic) bond motifs is 1. The van der Waals surface area contributed by atoms with Gasteiger partial charge in [-0.3, -0.25) is 24.5 Å². The summed E-state index contributed by atoms with van der Waals surface area (Å²) >= 11 is 0. The van der Waals surface area contributed by atoms with Crippen LogP contribution in [0.5, 0.6) is 0 Å². The van der Waals surface area contributed by atoms with Gasteiger partial charge < -0.3 is 29.3 Å². The number of ether oxygens (including phenoxy) is 3. The SMILES string of the molecule is CC(C)(C)OC(=O)N(CCOCCN=[N+]=[N-])CCOCC(=O)Nc1ccc2c(c1)CN(C1CCC(=O)NC1=O)C2=O. The van der Waals surface area contributed by atoms with E-state index in [-0.39, 0.29) is 77.3 Å². The molecule has 2 aliphatic rings. The average molecular weight is 574 g/mol. The fraction of sp³-hybridized carbons (Fsp3) is 0.577. The molecule has 1 fully saturated rings. The second-order valence-electron chi connectivity index (χ2n) is 10.4. The number of anilines is 1. The molecule has 0 spiro atoms. The van der Waals surface area contributed by atoms with Crippen LogP contribution in [0, 0.1) is 0 Å². The maximum Gasteiger partial charge on any atom is 0.410 e. The molecule has 0 bridgehead atoms. The first-order valence-electron chi connectivity index (χ1n) is 13.2. The molecule has 5 amide bonds. The molecule has 1 atom stereocenters. The number of carbonyl (C=O) groups is 5. The summed E-state index contributed by atoms with van der Waals surface area (Å²) in [7, 11) is 0. The highest BCUT2D eigenvalue weighted by atomic mass is 16.6. The van der Waals surface area contributed by atoms with Crippen LogP contribution in [0.3, 0.4) is 0 Å². The number of carbonyl (C=O) groups excluding carboxylic acids is 5. The summed E-state index contributed by atoms with van der Waals surface area (Å²) in [5.74, 6) is -1.57. The Hall–Kier alpha value is -4.20. The molecule has 0 saturated carbocycles. The van der Waals surface area contributed by atoms with Crippen LogP contribution in [-0.2, 0) is 35.1 Å². The molecular formula is C26H35N7O8. The third kappa shape index (κ3) is 9.45. The number of nitrogens with one attached hydrogen (secondary N) is 2. The van der Waals surface area contributed by atoms with Gasteiger partial charge in [0.25, 0.3) is 5.91 Å². The monoisotopic (exact) mass is 573 g/mol. The average Bonchev–Trinajstić information content (AvgIpc) is 3.21. The van der Waals surface area contributed by atoms with Gasteiger partial charge in [-0.05, 0) is 56.5 Å². The topological polar surface area (TPSA) is 192 Å². The second-order valence-corrected chi connectivity index (χ2v) is 10.4. The first kappa shape index (κ1) is 31.3. The summed E-state index contributed by atoms with van der Waals surface area (Å²) in [6, 6.07) is 4.13. The lowest BCUT2D eigenvalue weighted by molar-refractivity contribution is -0.137. The van der Waals surface area contributed by atoms with Crippen molar-refractivity contribution in [1.29, 1.82) is 0 Å². The molecule has 1 aromatic carbocycles. The van der Waals surface area contributed by atoms with Gasteiger partial charge in [0.15, 0.2) is 0 Å². The minimum Gasteiger partial charge on any atom is -0.444 e. The van der Waals surface area contributed by atoms with Crippen molar-refractivity contribution >= 4 is 35.4 Å². The van der Waals surface area contributed by atoms with E-state index in [9.17, 15) is 24.0 Å². The van der Waals surface area contributed by atoms with E-state index in [0.29, 0.717) is 16.8 Å². The quantitative estimate of drug-likeness (QED) is 0.118. The van der Waals surface area contributed by atoms with E-state index < -0.39 is 29.6 Å². The number of rotatable bonds is 13. The van der Waals surface area contributed by atoms with Crippen molar-refractivity contribution in [2.75, 3.05) is 51.4 Å². The number of azide groups is 1. The number of hydrogen-bond acceptors (Lipinski definition) is 9. The Kier molecular flexibility index (Phi) is 11.0. The summed E-state index contributed by atoms with van der Waals surface area (Å²) in [6.07, 6.45) is -0.121. The normalized spacial score (nSPS) is 16.5. The second kappa shape index (κ2) is 14.4. The lowest BCUT2D eigenvalue weighted by Crippen LogP contribution is -2.52. The van der Waals surface area contributed by atoms with Gasteiger partial charge >= 0.3 is 6.09 Å². The van der Waals surface area contributed by atoms with Crippen LogP contribution >= 0.6 is 0 Å². The van der Waals surface area contributed by atoms with Gasteiger partial charge in [-0.15, -0.1) is 0 Å². The zero-order valence-corrected chi connectivity index (χ0v) is 23.4. The van der Waals surface area contributed by atoms with Gasteiger partial charge in [0.05, 0.1) is 19.8 Å². The lowest BCUT2D eigenvalue weighted by Gasteiger charge is -2.29. The maximum atomic E-state index is 12.8. The van der Waals surface area contributed by atoms with E-state index in [4.69, 9.17) is 19.7 Å². The van der Waals surface area contributed by atoms with Gasteiger partial charge in [-0.1, -0.05) is 5.11 Å². The predicted molar refractivity (Wildman–Crippen MR) is 145 cm³/mol. The zero-order valence-electron chi connectivity index (χ0n) is 23.4. The van der Waals surface area contributed by atoms with E-state index in [2.05, 4.69) is 20.7 Å². The molecule has 15 heteroatoms. The predicted octanol–water partition coefficient (Wildman–Crippen LogP) is 1.97. The van der Waals surface area contributed by atoms with Crippen molar-refractivity contribution in [3.8, 4) is 0 Å². The van der Waals surface area contributed by atoms with E-state index in [0.717, 1.165) is 0 Å². The minimum absolute atomic E-state index is 0.0605. The van der Waals surface area contributed by atoms with Crippen LogP contribution in [0.2, 0.25) is 0 Å². The third-order valence-corrected chi connectivity index (χ3v) is 6.10. The van der Waals surface area contributed by atoms with E-state index in [1.807, 2.05) is 0 Å². The first-order chi connectivity index (χ1) is 19.5. The molecule has 1 aromatic rings. The molecule has 1 unspecified atom stereocenters. The van der Waals surface area contributed by atoms with Gasteiger partial charge in [-0.2, -0.15) is 0 Å². The molecule has 1 saturated heterocycles. The molecular weight excluding hydrogens is 538 g/mol. The number of nitrogens with zero attached hydrogens (tertiary/aromatic N) is 5. The maximum absolute atomic E-state index is 12.8. The molecule has 2 aliphatic heterocycles. The molecule has 0 radical (unpaired) electrons.